The van der Waals surface area contributed by atoms with E-state index in [2.05, 4.69) is 22.2 Å². The predicted octanol–water partition coefficient (Wildman–Crippen LogP) is 1.52. The molecular formula is C22H36N4O3S. The van der Waals surface area contributed by atoms with Crippen LogP contribution >= 0.6 is 0 Å². The first-order valence-corrected chi connectivity index (χ1v) is 12.4. The van der Waals surface area contributed by atoms with Gasteiger partial charge in [0.05, 0.1) is 4.90 Å². The Kier molecular flexibility index (Phi) is 7.55. The van der Waals surface area contributed by atoms with Gasteiger partial charge in [-0.2, -0.15) is 4.31 Å². The summed E-state index contributed by atoms with van der Waals surface area (Å²) in [5, 5.41) is 2.98. The molecule has 0 spiro atoms. The van der Waals surface area contributed by atoms with Gasteiger partial charge in [0.15, 0.2) is 0 Å². The molecule has 1 atom stereocenters. The number of nitrogens with one attached hydrogen (secondary N) is 1. The zero-order chi connectivity index (χ0) is 21.9. The van der Waals surface area contributed by atoms with Crippen LogP contribution in [0.2, 0.25) is 0 Å². The number of sulfonamides is 1. The number of aryl methyl sites for hydroxylation is 3. The fraction of sp³-hybridized carbons (Fsp3) is 0.682. The number of likely N-dealkylation sites (N-methyl/N-ethyl adjacent to an activating group) is 1. The smallest absolute Gasteiger partial charge is 0.244 e. The third-order valence-corrected chi connectivity index (χ3v) is 8.44. The van der Waals surface area contributed by atoms with Gasteiger partial charge in [-0.3, -0.25) is 4.79 Å². The van der Waals surface area contributed by atoms with Gasteiger partial charge in [0.1, 0.15) is 6.04 Å². The molecule has 7 nitrogen and oxygen atoms in total. The minimum absolute atomic E-state index is 0.170. The van der Waals surface area contributed by atoms with E-state index in [-0.39, 0.29) is 5.91 Å². The Labute approximate surface area is 181 Å². The van der Waals surface area contributed by atoms with Crippen LogP contribution in [0.3, 0.4) is 0 Å². The first kappa shape index (κ1) is 23.2. The predicted molar refractivity (Wildman–Crippen MR) is 119 cm³/mol. The van der Waals surface area contributed by atoms with E-state index in [1.807, 2.05) is 32.9 Å². The Hall–Kier alpha value is -1.48. The van der Waals surface area contributed by atoms with Gasteiger partial charge in [0.2, 0.25) is 15.9 Å². The molecule has 1 unspecified atom stereocenters. The van der Waals surface area contributed by atoms with Crippen molar-refractivity contribution in [2.45, 2.75) is 51.0 Å². The molecule has 0 saturated carbocycles. The van der Waals surface area contributed by atoms with E-state index >= 15 is 0 Å². The van der Waals surface area contributed by atoms with E-state index in [0.29, 0.717) is 30.8 Å². The lowest BCUT2D eigenvalue weighted by Crippen LogP contribution is -2.47. The van der Waals surface area contributed by atoms with Crippen LogP contribution in [-0.2, 0) is 14.8 Å². The molecule has 2 saturated heterocycles. The Morgan fingerprint density at radius 2 is 1.70 bits per heavy atom. The lowest BCUT2D eigenvalue weighted by Gasteiger charge is -2.32. The standard InChI is InChI=1S/C22H36N4O3S/c1-17-15-18(2)21(19(3)16-17)30(28,29)26-10-5-7-20(26)22(27)23-8-6-9-25-13-11-24(4)12-14-25/h15-16,20H,5-14H2,1-4H3,(H,23,27). The maximum absolute atomic E-state index is 13.4. The number of benzene rings is 1. The van der Waals surface area contributed by atoms with Crippen molar-refractivity contribution in [3.8, 4) is 0 Å². The van der Waals surface area contributed by atoms with Crippen molar-refractivity contribution in [2.24, 2.45) is 0 Å². The van der Waals surface area contributed by atoms with E-state index in [0.717, 1.165) is 55.8 Å². The number of amides is 1. The van der Waals surface area contributed by atoms with Gasteiger partial charge in [0.25, 0.3) is 0 Å². The van der Waals surface area contributed by atoms with E-state index in [1.54, 1.807) is 0 Å². The first-order valence-electron chi connectivity index (χ1n) is 11.0. The Balaban J connectivity index is 1.59. The molecule has 0 aliphatic carbocycles. The molecule has 168 valence electrons. The lowest BCUT2D eigenvalue weighted by molar-refractivity contribution is -0.124. The topological polar surface area (TPSA) is 73.0 Å². The molecule has 30 heavy (non-hydrogen) atoms. The van der Waals surface area contributed by atoms with Crippen molar-refractivity contribution in [3.63, 3.8) is 0 Å². The molecule has 8 heteroatoms. The second kappa shape index (κ2) is 9.77. The SMILES string of the molecule is Cc1cc(C)c(S(=O)(=O)N2CCCC2C(=O)NCCCN2CCN(C)CC2)c(C)c1. The molecule has 2 aliphatic rings. The van der Waals surface area contributed by atoms with Crippen molar-refractivity contribution in [3.05, 3.63) is 28.8 Å². The summed E-state index contributed by atoms with van der Waals surface area (Å²) in [6.07, 6.45) is 2.17. The Morgan fingerprint density at radius 1 is 1.07 bits per heavy atom. The lowest BCUT2D eigenvalue weighted by atomic mass is 10.1. The number of nitrogens with zero attached hydrogens (tertiary/aromatic N) is 3. The number of hydrogen-bond acceptors (Lipinski definition) is 5. The van der Waals surface area contributed by atoms with Crippen molar-refractivity contribution in [2.75, 3.05) is 52.9 Å². The van der Waals surface area contributed by atoms with Crippen LogP contribution in [0.1, 0.15) is 36.0 Å². The summed E-state index contributed by atoms with van der Waals surface area (Å²) in [6, 6.07) is 3.17. The molecule has 2 heterocycles. The Bertz CT molecular complexity index is 840. The molecular weight excluding hydrogens is 400 g/mol. The van der Waals surface area contributed by atoms with Gasteiger partial charge < -0.3 is 15.1 Å². The van der Waals surface area contributed by atoms with E-state index in [1.165, 1.54) is 4.31 Å². The normalized spacial score (nSPS) is 21.8. The van der Waals surface area contributed by atoms with Crippen LogP contribution in [0.15, 0.2) is 17.0 Å². The van der Waals surface area contributed by atoms with E-state index in [4.69, 9.17) is 0 Å². The minimum atomic E-state index is -3.70. The van der Waals surface area contributed by atoms with Crippen LogP contribution < -0.4 is 5.32 Å². The monoisotopic (exact) mass is 436 g/mol. The number of carbonyl (C=O) groups is 1. The second-order valence-corrected chi connectivity index (χ2v) is 10.6. The maximum atomic E-state index is 13.4. The molecule has 2 fully saturated rings. The molecule has 0 radical (unpaired) electrons. The summed E-state index contributed by atoms with van der Waals surface area (Å²) in [6.45, 7) is 11.9. The van der Waals surface area contributed by atoms with Crippen LogP contribution in [0.25, 0.3) is 0 Å². The average molecular weight is 437 g/mol. The zero-order valence-corrected chi connectivity index (χ0v) is 19.6. The average Bonchev–Trinajstić information content (AvgIpc) is 3.16. The fourth-order valence-corrected chi connectivity index (χ4v) is 6.76. The highest BCUT2D eigenvalue weighted by Gasteiger charge is 2.40. The number of carbonyl (C=O) groups excluding carboxylic acids is 1. The fourth-order valence-electron chi connectivity index (χ4n) is 4.68. The van der Waals surface area contributed by atoms with Gasteiger partial charge in [-0.1, -0.05) is 17.7 Å². The second-order valence-electron chi connectivity index (χ2n) is 8.79. The van der Waals surface area contributed by atoms with Crippen molar-refractivity contribution in [1.82, 2.24) is 19.4 Å². The van der Waals surface area contributed by atoms with Gasteiger partial charge in [-0.15, -0.1) is 0 Å². The molecule has 1 amide bonds. The molecule has 1 aromatic carbocycles. The summed E-state index contributed by atoms with van der Waals surface area (Å²) in [5.74, 6) is -0.170. The molecule has 1 N–H and O–H groups in total. The highest BCUT2D eigenvalue weighted by molar-refractivity contribution is 7.89. The zero-order valence-electron chi connectivity index (χ0n) is 18.8. The quantitative estimate of drug-likeness (QED) is 0.656. The maximum Gasteiger partial charge on any atom is 0.244 e. The largest absolute Gasteiger partial charge is 0.355 e. The molecule has 3 rings (SSSR count). The summed E-state index contributed by atoms with van der Waals surface area (Å²) >= 11 is 0. The number of hydrogen-bond donors (Lipinski definition) is 1. The summed E-state index contributed by atoms with van der Waals surface area (Å²) in [5.41, 5.74) is 2.52. The van der Waals surface area contributed by atoms with Gasteiger partial charge in [0, 0.05) is 39.3 Å². The molecule has 0 bridgehead atoms. The van der Waals surface area contributed by atoms with Crippen molar-refractivity contribution >= 4 is 15.9 Å². The number of rotatable bonds is 7. The Morgan fingerprint density at radius 3 is 2.33 bits per heavy atom. The third-order valence-electron chi connectivity index (χ3n) is 6.22. The first-order chi connectivity index (χ1) is 14.2. The molecule has 2 aliphatic heterocycles. The molecule has 0 aromatic heterocycles. The van der Waals surface area contributed by atoms with Gasteiger partial charge >= 0.3 is 0 Å². The molecule has 1 aromatic rings. The van der Waals surface area contributed by atoms with E-state index in [9.17, 15) is 13.2 Å². The van der Waals surface area contributed by atoms with Crippen LogP contribution in [0.5, 0.6) is 0 Å². The highest BCUT2D eigenvalue weighted by Crippen LogP contribution is 2.30. The van der Waals surface area contributed by atoms with Crippen molar-refractivity contribution < 1.29 is 13.2 Å². The van der Waals surface area contributed by atoms with Gasteiger partial charge in [-0.05, 0) is 64.8 Å². The van der Waals surface area contributed by atoms with E-state index < -0.39 is 16.1 Å². The van der Waals surface area contributed by atoms with Crippen LogP contribution in [0.4, 0.5) is 0 Å². The van der Waals surface area contributed by atoms with Crippen molar-refractivity contribution in [1.29, 1.82) is 0 Å². The number of piperazine rings is 1. The van der Waals surface area contributed by atoms with Crippen LogP contribution in [-0.4, -0.2) is 87.3 Å². The van der Waals surface area contributed by atoms with Crippen LogP contribution in [0, 0.1) is 20.8 Å². The van der Waals surface area contributed by atoms with Gasteiger partial charge in [-0.25, -0.2) is 8.42 Å². The summed E-state index contributed by atoms with van der Waals surface area (Å²) < 4.78 is 28.2. The summed E-state index contributed by atoms with van der Waals surface area (Å²) in [7, 11) is -1.57. The highest BCUT2D eigenvalue weighted by atomic mass is 32.2. The summed E-state index contributed by atoms with van der Waals surface area (Å²) in [4.78, 5) is 17.9. The third kappa shape index (κ3) is 5.22. The minimum Gasteiger partial charge on any atom is -0.355 e.